The average Bonchev–Trinajstić information content (AvgIpc) is 2.49. The van der Waals surface area contributed by atoms with Crippen molar-refractivity contribution in [3.05, 3.63) is 59.7 Å². The van der Waals surface area contributed by atoms with E-state index in [4.69, 9.17) is 5.84 Å². The number of hydrazine groups is 1. The van der Waals surface area contributed by atoms with Gasteiger partial charge in [0.05, 0.1) is 17.4 Å². The lowest BCUT2D eigenvalue weighted by atomic mass is 10.1. The summed E-state index contributed by atoms with van der Waals surface area (Å²) in [6.45, 7) is 1.89. The second-order valence-electron chi connectivity index (χ2n) is 4.77. The molecule has 0 aliphatic heterocycles. The van der Waals surface area contributed by atoms with Crippen LogP contribution in [0.5, 0.6) is 0 Å². The molecule has 110 valence electrons. The van der Waals surface area contributed by atoms with Gasteiger partial charge in [0.2, 0.25) is 0 Å². The van der Waals surface area contributed by atoms with E-state index in [1.807, 2.05) is 6.92 Å². The Labute approximate surface area is 122 Å². The maximum Gasteiger partial charge on any atom is 0.253 e. The summed E-state index contributed by atoms with van der Waals surface area (Å²) in [5.41, 5.74) is 4.29. The van der Waals surface area contributed by atoms with Crippen LogP contribution in [0.25, 0.3) is 0 Å². The molecule has 4 N–H and O–H groups in total. The number of halogens is 1. The zero-order valence-corrected chi connectivity index (χ0v) is 11.6. The van der Waals surface area contributed by atoms with Crippen LogP contribution in [0.15, 0.2) is 42.7 Å². The molecule has 1 heterocycles. The van der Waals surface area contributed by atoms with E-state index in [1.54, 1.807) is 18.2 Å². The van der Waals surface area contributed by atoms with E-state index in [2.05, 4.69) is 15.7 Å². The summed E-state index contributed by atoms with van der Waals surface area (Å²) in [5, 5.41) is 2.88. The summed E-state index contributed by atoms with van der Waals surface area (Å²) in [5.74, 6) is 4.84. The number of nitrogens with one attached hydrogen (secondary N) is 2. The average molecular weight is 288 g/mol. The summed E-state index contributed by atoms with van der Waals surface area (Å²) in [6, 6.07) is 7.72. The molecule has 0 radical (unpaired) electrons. The number of benzene rings is 1. The molecule has 0 saturated heterocycles. The number of anilines is 1. The molecule has 1 aromatic carbocycles. The smallest absolute Gasteiger partial charge is 0.253 e. The first-order chi connectivity index (χ1) is 10.1. The molecule has 2 rings (SSSR count). The van der Waals surface area contributed by atoms with E-state index in [1.165, 1.54) is 24.5 Å². The molecule has 1 atom stereocenters. The third-order valence-corrected chi connectivity index (χ3v) is 3.05. The van der Waals surface area contributed by atoms with Crippen LogP contribution in [-0.2, 0) is 6.42 Å². The van der Waals surface area contributed by atoms with Crippen LogP contribution in [0.2, 0.25) is 0 Å². The maximum absolute atomic E-state index is 12.8. The highest BCUT2D eigenvalue weighted by Crippen LogP contribution is 2.12. The van der Waals surface area contributed by atoms with Crippen LogP contribution >= 0.6 is 0 Å². The monoisotopic (exact) mass is 288 g/mol. The number of hydrogen-bond donors (Lipinski definition) is 3. The summed E-state index contributed by atoms with van der Waals surface area (Å²) < 4.78 is 12.8. The highest BCUT2D eigenvalue weighted by atomic mass is 19.1. The molecule has 0 aliphatic carbocycles. The zero-order chi connectivity index (χ0) is 15.2. The minimum absolute atomic E-state index is 0.0956. The number of nitrogens with two attached hydrogens (primary N) is 1. The van der Waals surface area contributed by atoms with Crippen molar-refractivity contribution in [1.82, 2.24) is 10.3 Å². The van der Waals surface area contributed by atoms with E-state index < -0.39 is 0 Å². The maximum atomic E-state index is 12.8. The summed E-state index contributed by atoms with van der Waals surface area (Å²) >= 11 is 0. The first-order valence-electron chi connectivity index (χ1n) is 6.56. The third-order valence-electron chi connectivity index (χ3n) is 3.05. The number of amides is 1. The Hall–Kier alpha value is -2.47. The number of carbonyl (C=O) groups excluding carboxylic acids is 1. The molecule has 1 unspecified atom stereocenters. The standard InChI is InChI=1S/C15H17FN4O/c1-10(8-11-2-4-12(16)5-3-11)19-15(21)13-6-7-18-9-14(13)20-17/h2-7,9-10,20H,8,17H2,1H3,(H,19,21). The van der Waals surface area contributed by atoms with Gasteiger partial charge in [0.25, 0.3) is 5.91 Å². The van der Waals surface area contributed by atoms with E-state index in [-0.39, 0.29) is 17.8 Å². The fourth-order valence-electron chi connectivity index (χ4n) is 2.03. The van der Waals surface area contributed by atoms with Gasteiger partial charge in [-0.25, -0.2) is 4.39 Å². The van der Waals surface area contributed by atoms with Gasteiger partial charge < -0.3 is 10.7 Å². The molecule has 0 bridgehead atoms. The lowest BCUT2D eigenvalue weighted by Crippen LogP contribution is -2.34. The number of carbonyl (C=O) groups is 1. The van der Waals surface area contributed by atoms with Crippen molar-refractivity contribution in [3.8, 4) is 0 Å². The second-order valence-corrected chi connectivity index (χ2v) is 4.77. The van der Waals surface area contributed by atoms with Gasteiger partial charge in [0, 0.05) is 12.2 Å². The molecule has 0 spiro atoms. The molecular formula is C15H17FN4O. The van der Waals surface area contributed by atoms with Gasteiger partial charge in [-0.1, -0.05) is 12.1 Å². The Morgan fingerprint density at radius 2 is 2.05 bits per heavy atom. The number of nitrogens with zero attached hydrogens (tertiary/aromatic N) is 1. The molecular weight excluding hydrogens is 271 g/mol. The Kier molecular flexibility index (Phi) is 4.84. The minimum Gasteiger partial charge on any atom is -0.349 e. The fraction of sp³-hybridized carbons (Fsp3) is 0.200. The van der Waals surface area contributed by atoms with Crippen LogP contribution in [0.4, 0.5) is 10.1 Å². The predicted molar refractivity (Wildman–Crippen MR) is 79.1 cm³/mol. The molecule has 2 aromatic rings. The van der Waals surface area contributed by atoms with Gasteiger partial charge in [-0.3, -0.25) is 15.6 Å². The molecule has 0 saturated carbocycles. The molecule has 1 aromatic heterocycles. The first kappa shape index (κ1) is 14.9. The normalized spacial score (nSPS) is 11.8. The number of nitrogen functional groups attached to an aromatic ring is 1. The Morgan fingerprint density at radius 1 is 1.33 bits per heavy atom. The Balaban J connectivity index is 2.00. The third kappa shape index (κ3) is 4.00. The van der Waals surface area contributed by atoms with Crippen LogP contribution in [0.3, 0.4) is 0 Å². The molecule has 0 fully saturated rings. The van der Waals surface area contributed by atoms with Gasteiger partial charge in [0.15, 0.2) is 0 Å². The lowest BCUT2D eigenvalue weighted by molar-refractivity contribution is 0.0941. The molecule has 0 aliphatic rings. The van der Waals surface area contributed by atoms with Crippen molar-refractivity contribution in [3.63, 3.8) is 0 Å². The van der Waals surface area contributed by atoms with Gasteiger partial charge >= 0.3 is 0 Å². The summed E-state index contributed by atoms with van der Waals surface area (Å²) in [6.07, 6.45) is 3.63. The highest BCUT2D eigenvalue weighted by molar-refractivity contribution is 5.99. The Bertz CT molecular complexity index is 615. The number of pyridine rings is 1. The van der Waals surface area contributed by atoms with Gasteiger partial charge in [0.1, 0.15) is 5.82 Å². The van der Waals surface area contributed by atoms with Crippen molar-refractivity contribution in [2.24, 2.45) is 5.84 Å². The predicted octanol–water partition coefficient (Wildman–Crippen LogP) is 1.87. The van der Waals surface area contributed by atoms with Crippen molar-refractivity contribution >= 4 is 11.6 Å². The van der Waals surface area contributed by atoms with Gasteiger partial charge in [-0.15, -0.1) is 0 Å². The van der Waals surface area contributed by atoms with E-state index >= 15 is 0 Å². The quantitative estimate of drug-likeness (QED) is 0.579. The zero-order valence-electron chi connectivity index (χ0n) is 11.6. The lowest BCUT2D eigenvalue weighted by Gasteiger charge is -2.15. The number of rotatable bonds is 5. The van der Waals surface area contributed by atoms with Crippen LogP contribution in [0.1, 0.15) is 22.8 Å². The largest absolute Gasteiger partial charge is 0.349 e. The van der Waals surface area contributed by atoms with Crippen molar-refractivity contribution < 1.29 is 9.18 Å². The van der Waals surface area contributed by atoms with E-state index in [9.17, 15) is 9.18 Å². The number of aromatic nitrogens is 1. The van der Waals surface area contributed by atoms with Crippen molar-refractivity contribution in [1.29, 1.82) is 0 Å². The molecule has 21 heavy (non-hydrogen) atoms. The number of hydrogen-bond acceptors (Lipinski definition) is 4. The molecule has 6 heteroatoms. The van der Waals surface area contributed by atoms with Crippen LogP contribution in [0, 0.1) is 5.82 Å². The van der Waals surface area contributed by atoms with Crippen molar-refractivity contribution in [2.45, 2.75) is 19.4 Å². The first-order valence-corrected chi connectivity index (χ1v) is 6.56. The van der Waals surface area contributed by atoms with Gasteiger partial charge in [-0.2, -0.15) is 0 Å². The van der Waals surface area contributed by atoms with E-state index in [0.29, 0.717) is 17.7 Å². The topological polar surface area (TPSA) is 80.0 Å². The second kappa shape index (κ2) is 6.81. The summed E-state index contributed by atoms with van der Waals surface area (Å²) in [4.78, 5) is 16.1. The van der Waals surface area contributed by atoms with E-state index in [0.717, 1.165) is 5.56 Å². The molecule has 1 amide bonds. The highest BCUT2D eigenvalue weighted by Gasteiger charge is 2.13. The van der Waals surface area contributed by atoms with Gasteiger partial charge in [-0.05, 0) is 37.1 Å². The molecule has 5 nitrogen and oxygen atoms in total. The minimum atomic E-state index is -0.272. The summed E-state index contributed by atoms with van der Waals surface area (Å²) in [7, 11) is 0. The van der Waals surface area contributed by atoms with Crippen LogP contribution in [-0.4, -0.2) is 16.9 Å². The van der Waals surface area contributed by atoms with Crippen LogP contribution < -0.4 is 16.6 Å². The SMILES string of the molecule is CC(Cc1ccc(F)cc1)NC(=O)c1ccncc1NN. The van der Waals surface area contributed by atoms with Crippen molar-refractivity contribution in [2.75, 3.05) is 5.43 Å². The fourth-order valence-corrected chi connectivity index (χ4v) is 2.03. The Morgan fingerprint density at radius 3 is 2.71 bits per heavy atom.